The molecule has 0 atom stereocenters. The van der Waals surface area contributed by atoms with Crippen LogP contribution in [-0.2, 0) is 4.74 Å². The molecule has 0 aliphatic rings. The zero-order valence-electron chi connectivity index (χ0n) is 13.5. The Labute approximate surface area is 151 Å². The third kappa shape index (κ3) is 3.45. The van der Waals surface area contributed by atoms with Crippen LogP contribution in [0.3, 0.4) is 0 Å². The Balaban J connectivity index is 1.98. The van der Waals surface area contributed by atoms with E-state index < -0.39 is 5.97 Å². The summed E-state index contributed by atoms with van der Waals surface area (Å²) in [5.74, 6) is -0.815. The summed E-state index contributed by atoms with van der Waals surface area (Å²) in [6.45, 7) is 3.67. The molecule has 0 aliphatic carbocycles. The van der Waals surface area contributed by atoms with Crippen molar-refractivity contribution >= 4 is 49.9 Å². The molecule has 2 heterocycles. The summed E-state index contributed by atoms with van der Waals surface area (Å²) in [6, 6.07) is 8.66. The SMILES string of the molecule is CCOC(=O)c1sc2nc(NC(=O)c3ccccc3)sc(=O)c2c1C. The minimum absolute atomic E-state index is 0.197. The standard InChI is InChI=1S/C17H14N2O4S2/c1-3-23-15(21)12-9(2)11-14(24-12)19-17(25-16(11)22)18-13(20)10-7-5-4-6-8-10/h4-8H,3H2,1-2H3,(H,18,19,20). The number of nitrogens with one attached hydrogen (secondary N) is 1. The van der Waals surface area contributed by atoms with Gasteiger partial charge in [0.15, 0.2) is 5.13 Å². The number of rotatable bonds is 4. The summed E-state index contributed by atoms with van der Waals surface area (Å²) in [5, 5.41) is 3.23. The minimum Gasteiger partial charge on any atom is -0.462 e. The molecule has 0 radical (unpaired) electrons. The molecule has 1 amide bonds. The Hall–Kier alpha value is -2.58. The number of hydrogen-bond donors (Lipinski definition) is 1. The molecule has 0 bridgehead atoms. The van der Waals surface area contributed by atoms with Crippen LogP contribution >= 0.6 is 22.7 Å². The number of anilines is 1. The molecule has 6 nitrogen and oxygen atoms in total. The largest absolute Gasteiger partial charge is 0.462 e. The van der Waals surface area contributed by atoms with Gasteiger partial charge < -0.3 is 4.74 Å². The second kappa shape index (κ2) is 7.12. The number of nitrogens with zero attached hydrogens (tertiary/aromatic N) is 1. The lowest BCUT2D eigenvalue weighted by atomic mass is 10.2. The van der Waals surface area contributed by atoms with Gasteiger partial charge in [-0.05, 0) is 31.5 Å². The maximum absolute atomic E-state index is 12.4. The van der Waals surface area contributed by atoms with E-state index >= 15 is 0 Å². The van der Waals surface area contributed by atoms with Gasteiger partial charge in [0.1, 0.15) is 9.71 Å². The van der Waals surface area contributed by atoms with Crippen LogP contribution in [0.5, 0.6) is 0 Å². The molecule has 0 aliphatic heterocycles. The van der Waals surface area contributed by atoms with Crippen LogP contribution in [0.1, 0.15) is 32.5 Å². The van der Waals surface area contributed by atoms with Gasteiger partial charge in [0.25, 0.3) is 5.91 Å². The van der Waals surface area contributed by atoms with Crippen molar-refractivity contribution in [3.05, 3.63) is 55.9 Å². The quantitative estimate of drug-likeness (QED) is 0.707. The fourth-order valence-electron chi connectivity index (χ4n) is 2.27. The Morgan fingerprint density at radius 3 is 2.60 bits per heavy atom. The Morgan fingerprint density at radius 2 is 1.92 bits per heavy atom. The first-order valence-corrected chi connectivity index (χ1v) is 9.12. The smallest absolute Gasteiger partial charge is 0.348 e. The van der Waals surface area contributed by atoms with Gasteiger partial charge in [-0.25, -0.2) is 9.78 Å². The van der Waals surface area contributed by atoms with E-state index in [1.54, 1.807) is 38.1 Å². The Kier molecular flexibility index (Phi) is 4.91. The van der Waals surface area contributed by atoms with Gasteiger partial charge in [0.05, 0.1) is 12.0 Å². The second-order valence-electron chi connectivity index (χ2n) is 5.08. The molecular formula is C17H14N2O4S2. The maximum atomic E-state index is 12.4. The molecule has 0 saturated heterocycles. The van der Waals surface area contributed by atoms with Gasteiger partial charge in [-0.2, -0.15) is 0 Å². The van der Waals surface area contributed by atoms with E-state index in [9.17, 15) is 14.4 Å². The molecule has 1 N–H and O–H groups in total. The number of aryl methyl sites for hydroxylation is 1. The molecule has 8 heteroatoms. The molecule has 25 heavy (non-hydrogen) atoms. The lowest BCUT2D eigenvalue weighted by Gasteiger charge is -2.03. The summed E-state index contributed by atoms with van der Waals surface area (Å²) in [7, 11) is 0. The number of carbonyl (C=O) groups excluding carboxylic acids is 2. The average Bonchev–Trinajstić information content (AvgIpc) is 2.93. The lowest BCUT2D eigenvalue weighted by molar-refractivity contribution is 0.0531. The highest BCUT2D eigenvalue weighted by molar-refractivity contribution is 7.21. The molecule has 3 rings (SSSR count). The molecule has 0 saturated carbocycles. The van der Waals surface area contributed by atoms with Crippen molar-refractivity contribution in [3.8, 4) is 0 Å². The summed E-state index contributed by atoms with van der Waals surface area (Å²) >= 11 is 1.93. The monoisotopic (exact) mass is 374 g/mol. The van der Waals surface area contributed by atoms with Gasteiger partial charge in [-0.15, -0.1) is 11.3 Å². The molecule has 3 aromatic rings. The summed E-state index contributed by atoms with van der Waals surface area (Å²) in [6.07, 6.45) is 0. The van der Waals surface area contributed by atoms with E-state index in [0.717, 1.165) is 22.7 Å². The molecular weight excluding hydrogens is 360 g/mol. The van der Waals surface area contributed by atoms with E-state index in [2.05, 4.69) is 10.3 Å². The van der Waals surface area contributed by atoms with Crippen molar-refractivity contribution in [1.29, 1.82) is 0 Å². The zero-order chi connectivity index (χ0) is 18.0. The Morgan fingerprint density at radius 1 is 1.20 bits per heavy atom. The summed E-state index contributed by atoms with van der Waals surface area (Å²) in [5.41, 5.74) is 1.03. The predicted molar refractivity (Wildman–Crippen MR) is 98.9 cm³/mol. The maximum Gasteiger partial charge on any atom is 0.348 e. The number of ether oxygens (including phenoxy) is 1. The average molecular weight is 374 g/mol. The third-order valence-corrected chi connectivity index (χ3v) is 5.38. The highest BCUT2D eigenvalue weighted by Gasteiger charge is 2.20. The van der Waals surface area contributed by atoms with E-state index in [-0.39, 0.29) is 22.4 Å². The van der Waals surface area contributed by atoms with Crippen LogP contribution in [-0.4, -0.2) is 23.5 Å². The molecule has 0 fully saturated rings. The van der Waals surface area contributed by atoms with Gasteiger partial charge in [-0.3, -0.25) is 14.9 Å². The number of aromatic nitrogens is 1. The van der Waals surface area contributed by atoms with E-state index in [1.807, 2.05) is 6.07 Å². The van der Waals surface area contributed by atoms with E-state index in [1.165, 1.54) is 0 Å². The summed E-state index contributed by atoms with van der Waals surface area (Å²) in [4.78, 5) is 41.7. The second-order valence-corrected chi connectivity index (χ2v) is 7.04. The number of thiophene rings is 1. The van der Waals surface area contributed by atoms with Crippen molar-refractivity contribution in [2.24, 2.45) is 0 Å². The summed E-state index contributed by atoms with van der Waals surface area (Å²) < 4.78 is 4.75. The zero-order valence-corrected chi connectivity index (χ0v) is 15.1. The van der Waals surface area contributed by atoms with Crippen molar-refractivity contribution in [1.82, 2.24) is 4.98 Å². The fraction of sp³-hybridized carbons (Fsp3) is 0.176. The number of hydrogen-bond acceptors (Lipinski definition) is 7. The fourth-order valence-corrected chi connectivity index (χ4v) is 4.28. The highest BCUT2D eigenvalue weighted by Crippen LogP contribution is 2.30. The van der Waals surface area contributed by atoms with Crippen LogP contribution < -0.4 is 10.1 Å². The molecule has 1 aromatic carbocycles. The topological polar surface area (TPSA) is 85.4 Å². The first kappa shape index (κ1) is 17.2. The van der Waals surface area contributed by atoms with Crippen LogP contribution in [0.15, 0.2) is 35.1 Å². The van der Waals surface area contributed by atoms with Crippen LogP contribution in [0, 0.1) is 6.92 Å². The van der Waals surface area contributed by atoms with Gasteiger partial charge in [-0.1, -0.05) is 29.5 Å². The molecule has 0 spiro atoms. The van der Waals surface area contributed by atoms with Crippen LogP contribution in [0.2, 0.25) is 0 Å². The molecule has 0 unspecified atom stereocenters. The normalized spacial score (nSPS) is 10.6. The highest BCUT2D eigenvalue weighted by atomic mass is 32.1. The van der Waals surface area contributed by atoms with Crippen molar-refractivity contribution in [3.63, 3.8) is 0 Å². The van der Waals surface area contributed by atoms with Crippen LogP contribution in [0.25, 0.3) is 10.2 Å². The van der Waals surface area contributed by atoms with E-state index in [0.29, 0.717) is 26.2 Å². The number of benzene rings is 1. The molecule has 128 valence electrons. The first-order chi connectivity index (χ1) is 12.0. The van der Waals surface area contributed by atoms with Crippen molar-refractivity contribution < 1.29 is 14.3 Å². The van der Waals surface area contributed by atoms with E-state index in [4.69, 9.17) is 4.74 Å². The van der Waals surface area contributed by atoms with Crippen molar-refractivity contribution in [2.75, 3.05) is 11.9 Å². The van der Waals surface area contributed by atoms with Gasteiger partial charge >= 0.3 is 5.97 Å². The van der Waals surface area contributed by atoms with Gasteiger partial charge in [0.2, 0.25) is 4.74 Å². The van der Waals surface area contributed by atoms with Gasteiger partial charge in [0, 0.05) is 5.56 Å². The number of fused-ring (bicyclic) bond motifs is 1. The minimum atomic E-state index is -0.470. The number of carbonyl (C=O) groups is 2. The van der Waals surface area contributed by atoms with Crippen molar-refractivity contribution in [2.45, 2.75) is 13.8 Å². The third-order valence-electron chi connectivity index (χ3n) is 3.44. The number of amides is 1. The lowest BCUT2D eigenvalue weighted by Crippen LogP contribution is -2.13. The first-order valence-electron chi connectivity index (χ1n) is 7.49. The number of esters is 1. The molecule has 2 aromatic heterocycles. The Bertz CT molecular complexity index is 1010. The van der Waals surface area contributed by atoms with Crippen LogP contribution in [0.4, 0.5) is 5.13 Å². The predicted octanol–water partition coefficient (Wildman–Crippen LogP) is 3.46.